The van der Waals surface area contributed by atoms with E-state index >= 15 is 0 Å². The molecule has 0 radical (unpaired) electrons. The predicted molar refractivity (Wildman–Crippen MR) is 110 cm³/mol. The maximum atomic E-state index is 12.8. The Morgan fingerprint density at radius 1 is 1.00 bits per heavy atom. The summed E-state index contributed by atoms with van der Waals surface area (Å²) in [7, 11) is -1.96. The molecule has 0 unspecified atom stereocenters. The molecular weight excluding hydrogens is 376 g/mol. The first kappa shape index (κ1) is 21.9. The van der Waals surface area contributed by atoms with E-state index in [4.69, 9.17) is 4.74 Å². The van der Waals surface area contributed by atoms with E-state index < -0.39 is 10.0 Å². The van der Waals surface area contributed by atoms with E-state index in [0.29, 0.717) is 30.9 Å². The number of ether oxygens (including phenoxy) is 1. The Morgan fingerprint density at radius 2 is 1.61 bits per heavy atom. The number of carbonyl (C=O) groups excluding carboxylic acids is 1. The maximum absolute atomic E-state index is 12.8. The van der Waals surface area contributed by atoms with Crippen LogP contribution in [0.1, 0.15) is 42.6 Å². The first-order valence-corrected chi connectivity index (χ1v) is 10.9. The van der Waals surface area contributed by atoms with Crippen LogP contribution in [0.3, 0.4) is 0 Å². The largest absolute Gasteiger partial charge is 0.496 e. The molecule has 0 aliphatic carbocycles. The molecule has 0 aliphatic heterocycles. The number of carbonyl (C=O) groups is 1. The second-order valence-corrected chi connectivity index (χ2v) is 8.36. The molecule has 1 amide bonds. The van der Waals surface area contributed by atoms with Crippen molar-refractivity contribution in [2.75, 3.05) is 20.2 Å². The molecule has 0 aromatic heterocycles. The number of nitrogens with zero attached hydrogens (tertiary/aromatic N) is 1. The molecule has 6 nitrogen and oxygen atoms in total. The highest BCUT2D eigenvalue weighted by Gasteiger charge is 2.23. The molecule has 0 fully saturated rings. The zero-order valence-electron chi connectivity index (χ0n) is 16.6. The fourth-order valence-electron chi connectivity index (χ4n) is 2.90. The van der Waals surface area contributed by atoms with Gasteiger partial charge in [-0.3, -0.25) is 4.79 Å². The van der Waals surface area contributed by atoms with E-state index in [-0.39, 0.29) is 10.8 Å². The molecule has 1 N–H and O–H groups in total. The molecule has 2 aromatic carbocycles. The quantitative estimate of drug-likeness (QED) is 0.658. The molecule has 0 heterocycles. The second-order valence-electron chi connectivity index (χ2n) is 6.42. The number of methoxy groups -OCH3 is 1. The van der Waals surface area contributed by atoms with Gasteiger partial charge in [-0.2, -0.15) is 4.31 Å². The third-order valence-electron chi connectivity index (χ3n) is 4.33. The Kier molecular flexibility index (Phi) is 8.02. The zero-order valence-corrected chi connectivity index (χ0v) is 17.5. The van der Waals surface area contributed by atoms with E-state index in [0.717, 1.165) is 18.4 Å². The van der Waals surface area contributed by atoms with Gasteiger partial charge in [0.1, 0.15) is 5.75 Å². The van der Waals surface area contributed by atoms with Crippen LogP contribution in [0, 0.1) is 0 Å². The van der Waals surface area contributed by atoms with Crippen molar-refractivity contribution in [2.24, 2.45) is 0 Å². The number of hydrogen-bond acceptors (Lipinski definition) is 4. The summed E-state index contributed by atoms with van der Waals surface area (Å²) in [5.74, 6) is 0.435. The summed E-state index contributed by atoms with van der Waals surface area (Å²) < 4.78 is 32.3. The van der Waals surface area contributed by atoms with Gasteiger partial charge in [0, 0.05) is 30.8 Å². The van der Waals surface area contributed by atoms with Gasteiger partial charge in [-0.15, -0.1) is 0 Å². The van der Waals surface area contributed by atoms with Crippen LogP contribution in [0.4, 0.5) is 0 Å². The lowest BCUT2D eigenvalue weighted by molar-refractivity contribution is 0.0950. The van der Waals surface area contributed by atoms with Gasteiger partial charge in [0.25, 0.3) is 5.91 Å². The van der Waals surface area contributed by atoms with E-state index in [9.17, 15) is 13.2 Å². The number of amides is 1. The molecule has 0 saturated carbocycles. The number of hydrogen-bond donors (Lipinski definition) is 1. The molecule has 2 rings (SSSR count). The fourth-order valence-corrected chi connectivity index (χ4v) is 4.53. The summed E-state index contributed by atoms with van der Waals surface area (Å²) >= 11 is 0. The molecule has 7 heteroatoms. The van der Waals surface area contributed by atoms with Crippen LogP contribution in [-0.2, 0) is 16.6 Å². The van der Waals surface area contributed by atoms with Crippen molar-refractivity contribution in [1.82, 2.24) is 9.62 Å². The average molecular weight is 405 g/mol. The zero-order chi connectivity index (χ0) is 20.6. The summed E-state index contributed by atoms with van der Waals surface area (Å²) in [6, 6.07) is 13.5. The summed E-state index contributed by atoms with van der Waals surface area (Å²) in [6.07, 6.45) is 1.51. The van der Waals surface area contributed by atoms with Crippen molar-refractivity contribution < 1.29 is 17.9 Å². The number of rotatable bonds is 10. The number of sulfonamides is 1. The number of nitrogens with one attached hydrogen (secondary N) is 1. The molecule has 0 aliphatic rings. The highest BCUT2D eigenvalue weighted by atomic mass is 32.2. The van der Waals surface area contributed by atoms with Crippen LogP contribution in [0.5, 0.6) is 5.75 Å². The lowest BCUT2D eigenvalue weighted by Gasteiger charge is -2.21. The topological polar surface area (TPSA) is 75.7 Å². The van der Waals surface area contributed by atoms with Crippen molar-refractivity contribution in [3.63, 3.8) is 0 Å². The van der Waals surface area contributed by atoms with Gasteiger partial charge in [0.15, 0.2) is 0 Å². The highest BCUT2D eigenvalue weighted by molar-refractivity contribution is 7.89. The SMILES string of the molecule is CCCN(CCC)S(=O)(=O)c1ccc(C(=O)NCc2ccccc2OC)cc1. The second kappa shape index (κ2) is 10.2. The van der Waals surface area contributed by atoms with Crippen molar-refractivity contribution in [3.05, 3.63) is 59.7 Å². The van der Waals surface area contributed by atoms with Crippen molar-refractivity contribution in [2.45, 2.75) is 38.1 Å². The Hall–Kier alpha value is -2.38. The average Bonchev–Trinajstić information content (AvgIpc) is 2.72. The molecule has 28 heavy (non-hydrogen) atoms. The maximum Gasteiger partial charge on any atom is 0.251 e. The van der Waals surface area contributed by atoms with Crippen molar-refractivity contribution in [3.8, 4) is 5.75 Å². The first-order valence-electron chi connectivity index (χ1n) is 9.44. The Bertz CT molecular complexity index is 874. The van der Waals surface area contributed by atoms with Gasteiger partial charge in [-0.05, 0) is 43.2 Å². The normalized spacial score (nSPS) is 11.4. The monoisotopic (exact) mass is 404 g/mol. The standard InChI is InChI=1S/C21H28N2O4S/c1-4-14-23(15-5-2)28(25,26)19-12-10-17(11-13-19)21(24)22-16-18-8-6-7-9-20(18)27-3/h6-13H,4-5,14-16H2,1-3H3,(H,22,24). The molecule has 152 valence electrons. The minimum Gasteiger partial charge on any atom is -0.496 e. The van der Waals surface area contributed by atoms with Crippen LogP contribution in [0.2, 0.25) is 0 Å². The first-order chi connectivity index (χ1) is 13.4. The minimum atomic E-state index is -3.55. The van der Waals surface area contributed by atoms with Gasteiger partial charge in [0.2, 0.25) is 10.0 Å². The Labute approximate surface area is 167 Å². The summed E-state index contributed by atoms with van der Waals surface area (Å²) in [5, 5.41) is 2.83. The third kappa shape index (κ3) is 5.33. The molecule has 0 atom stereocenters. The Morgan fingerprint density at radius 3 is 2.18 bits per heavy atom. The van der Waals surface area contributed by atoms with Crippen LogP contribution in [-0.4, -0.2) is 38.8 Å². The van der Waals surface area contributed by atoms with Crippen LogP contribution >= 0.6 is 0 Å². The van der Waals surface area contributed by atoms with E-state index in [1.54, 1.807) is 19.2 Å². The summed E-state index contributed by atoms with van der Waals surface area (Å²) in [6.45, 7) is 5.19. The van der Waals surface area contributed by atoms with Gasteiger partial charge < -0.3 is 10.1 Å². The lowest BCUT2D eigenvalue weighted by atomic mass is 10.2. The molecule has 0 bridgehead atoms. The smallest absolute Gasteiger partial charge is 0.251 e. The van der Waals surface area contributed by atoms with Gasteiger partial charge >= 0.3 is 0 Å². The van der Waals surface area contributed by atoms with E-state index in [1.165, 1.54) is 16.4 Å². The molecule has 0 spiro atoms. The molecule has 0 saturated heterocycles. The summed E-state index contributed by atoms with van der Waals surface area (Å²) in [4.78, 5) is 12.6. The van der Waals surface area contributed by atoms with E-state index in [1.807, 2.05) is 38.1 Å². The number of para-hydroxylation sites is 1. The molecular formula is C21H28N2O4S. The van der Waals surface area contributed by atoms with Crippen LogP contribution in [0.25, 0.3) is 0 Å². The third-order valence-corrected chi connectivity index (χ3v) is 6.25. The number of benzene rings is 2. The summed E-state index contributed by atoms with van der Waals surface area (Å²) in [5.41, 5.74) is 1.28. The van der Waals surface area contributed by atoms with Crippen molar-refractivity contribution in [1.29, 1.82) is 0 Å². The highest BCUT2D eigenvalue weighted by Crippen LogP contribution is 2.19. The van der Waals surface area contributed by atoms with Crippen molar-refractivity contribution >= 4 is 15.9 Å². The lowest BCUT2D eigenvalue weighted by Crippen LogP contribution is -2.32. The Balaban J connectivity index is 2.09. The fraction of sp³-hybridized carbons (Fsp3) is 0.381. The minimum absolute atomic E-state index is 0.204. The van der Waals surface area contributed by atoms with Gasteiger partial charge in [0.05, 0.1) is 12.0 Å². The molecule has 2 aromatic rings. The van der Waals surface area contributed by atoms with Crippen LogP contribution < -0.4 is 10.1 Å². The van der Waals surface area contributed by atoms with Crippen LogP contribution in [0.15, 0.2) is 53.4 Å². The predicted octanol–water partition coefficient (Wildman–Crippen LogP) is 3.44. The van der Waals surface area contributed by atoms with E-state index in [2.05, 4.69) is 5.32 Å². The van der Waals surface area contributed by atoms with Gasteiger partial charge in [-0.25, -0.2) is 8.42 Å². The van der Waals surface area contributed by atoms with Gasteiger partial charge in [-0.1, -0.05) is 32.0 Å².